The summed E-state index contributed by atoms with van der Waals surface area (Å²) in [4.78, 5) is 15.5. The van der Waals surface area contributed by atoms with Crippen LogP contribution in [-0.2, 0) is 17.5 Å². The normalized spacial score (nSPS) is 15.1. The molecule has 0 saturated carbocycles. The van der Waals surface area contributed by atoms with Crippen LogP contribution >= 0.6 is 0 Å². The van der Waals surface area contributed by atoms with Crippen LogP contribution < -0.4 is 5.32 Å². The van der Waals surface area contributed by atoms with Gasteiger partial charge in [0.25, 0.3) is 0 Å². The number of rotatable bonds is 9. The van der Waals surface area contributed by atoms with Crippen molar-refractivity contribution in [3.63, 3.8) is 0 Å². The Morgan fingerprint density at radius 2 is 1.66 bits per heavy atom. The van der Waals surface area contributed by atoms with Gasteiger partial charge in [0, 0.05) is 49.1 Å². The molecule has 1 fully saturated rings. The van der Waals surface area contributed by atoms with E-state index in [1.54, 1.807) is 6.07 Å². The lowest BCUT2D eigenvalue weighted by Gasteiger charge is -2.20. The van der Waals surface area contributed by atoms with Gasteiger partial charge >= 0.3 is 6.18 Å². The van der Waals surface area contributed by atoms with Crippen molar-refractivity contribution in [3.8, 4) is 0 Å². The molecule has 0 aliphatic carbocycles. The number of para-hydroxylation sites is 1. The topological polar surface area (TPSA) is 37.3 Å². The molecule has 5 rings (SSSR count). The first kappa shape index (κ1) is 26.0. The van der Waals surface area contributed by atoms with Crippen molar-refractivity contribution in [1.29, 1.82) is 0 Å². The number of alkyl halides is 3. The second kappa shape index (κ2) is 11.4. The number of carbonyl (C=O) groups excluding carboxylic acids is 1. The maximum atomic E-state index is 13.6. The molecular formula is C31H32F3N3O. The summed E-state index contributed by atoms with van der Waals surface area (Å²) in [6, 6.07) is 23.3. The molecule has 38 heavy (non-hydrogen) atoms. The minimum atomic E-state index is -4.46. The lowest BCUT2D eigenvalue weighted by atomic mass is 9.87. The zero-order valence-corrected chi connectivity index (χ0v) is 21.3. The van der Waals surface area contributed by atoms with Crippen LogP contribution in [0.15, 0.2) is 85.1 Å². The highest BCUT2D eigenvalue weighted by Crippen LogP contribution is 2.38. The number of benzene rings is 3. The van der Waals surface area contributed by atoms with Crippen molar-refractivity contribution in [2.24, 2.45) is 0 Å². The molecule has 1 aromatic heterocycles. The van der Waals surface area contributed by atoms with E-state index >= 15 is 0 Å². The van der Waals surface area contributed by atoms with Gasteiger partial charge in [-0.25, -0.2) is 0 Å². The van der Waals surface area contributed by atoms with Gasteiger partial charge in [-0.1, -0.05) is 66.7 Å². The molecule has 1 aliphatic rings. The maximum absolute atomic E-state index is 13.6. The smallest absolute Gasteiger partial charge is 0.355 e. The van der Waals surface area contributed by atoms with Gasteiger partial charge in [0.2, 0.25) is 5.91 Å². The van der Waals surface area contributed by atoms with Crippen molar-refractivity contribution < 1.29 is 18.0 Å². The van der Waals surface area contributed by atoms with Gasteiger partial charge in [0.1, 0.15) is 0 Å². The summed E-state index contributed by atoms with van der Waals surface area (Å²) < 4.78 is 43.0. The maximum Gasteiger partial charge on any atom is 0.416 e. The molecule has 0 bridgehead atoms. The highest BCUT2D eigenvalue weighted by Gasteiger charge is 2.32. The van der Waals surface area contributed by atoms with Crippen LogP contribution in [0, 0.1) is 0 Å². The van der Waals surface area contributed by atoms with Gasteiger partial charge in [-0.05, 0) is 54.8 Å². The first-order valence-corrected chi connectivity index (χ1v) is 13.2. The predicted octanol–water partition coefficient (Wildman–Crippen LogP) is 6.44. The van der Waals surface area contributed by atoms with Crippen LogP contribution in [0.4, 0.5) is 13.2 Å². The Labute approximate surface area is 221 Å². The van der Waals surface area contributed by atoms with E-state index in [2.05, 4.69) is 14.8 Å². The fourth-order valence-electron chi connectivity index (χ4n) is 5.42. The molecular weight excluding hydrogens is 487 g/mol. The Hall–Kier alpha value is -3.58. The number of amides is 1. The molecule has 4 aromatic rings. The Kier molecular flexibility index (Phi) is 7.84. The number of nitrogens with one attached hydrogen (secondary N) is 1. The number of hydrogen-bond acceptors (Lipinski definition) is 2. The molecule has 7 heteroatoms. The summed E-state index contributed by atoms with van der Waals surface area (Å²) in [6.45, 7) is 4.03. The van der Waals surface area contributed by atoms with Crippen LogP contribution in [0.5, 0.6) is 0 Å². The van der Waals surface area contributed by atoms with Gasteiger partial charge in [0.15, 0.2) is 0 Å². The highest BCUT2D eigenvalue weighted by molar-refractivity contribution is 5.86. The summed E-state index contributed by atoms with van der Waals surface area (Å²) in [5.74, 6) is -0.683. The Bertz CT molecular complexity index is 1370. The molecule has 1 amide bonds. The molecule has 0 radical (unpaired) electrons. The summed E-state index contributed by atoms with van der Waals surface area (Å²) >= 11 is 0. The molecule has 2 heterocycles. The molecule has 1 N–H and O–H groups in total. The molecule has 1 saturated heterocycles. The number of carbonyl (C=O) groups is 1. The molecule has 198 valence electrons. The Morgan fingerprint density at radius 1 is 0.921 bits per heavy atom. The van der Waals surface area contributed by atoms with Gasteiger partial charge in [-0.2, -0.15) is 13.2 Å². The third-order valence-corrected chi connectivity index (χ3v) is 7.35. The zero-order chi connectivity index (χ0) is 26.5. The fourth-order valence-corrected chi connectivity index (χ4v) is 5.42. The summed E-state index contributed by atoms with van der Waals surface area (Å²) in [5, 5.41) is 3.95. The largest absolute Gasteiger partial charge is 0.416 e. The average molecular weight is 520 g/mol. The average Bonchev–Trinajstić information content (AvgIpc) is 3.56. The lowest BCUT2D eigenvalue weighted by molar-refractivity contribution is -0.137. The molecule has 3 aromatic carbocycles. The summed E-state index contributed by atoms with van der Waals surface area (Å²) in [6.07, 6.45) is -0.0299. The number of aromatic nitrogens is 1. The van der Waals surface area contributed by atoms with Crippen LogP contribution in [0.2, 0.25) is 0 Å². The second-order valence-corrected chi connectivity index (χ2v) is 9.99. The van der Waals surface area contributed by atoms with Crippen molar-refractivity contribution in [2.75, 3.05) is 26.2 Å². The van der Waals surface area contributed by atoms with E-state index in [9.17, 15) is 18.0 Å². The van der Waals surface area contributed by atoms with Gasteiger partial charge in [-0.15, -0.1) is 0 Å². The van der Waals surface area contributed by atoms with Crippen molar-refractivity contribution in [2.45, 2.75) is 37.9 Å². The van der Waals surface area contributed by atoms with Crippen LogP contribution in [0.1, 0.15) is 47.4 Å². The first-order chi connectivity index (χ1) is 18.4. The molecule has 0 spiro atoms. The monoisotopic (exact) mass is 519 g/mol. The molecule has 1 unspecified atom stereocenters. The minimum absolute atomic E-state index is 0.0701. The molecule has 1 aliphatic heterocycles. The number of hydrogen-bond donors (Lipinski definition) is 1. The predicted molar refractivity (Wildman–Crippen MR) is 144 cm³/mol. The lowest BCUT2D eigenvalue weighted by Crippen LogP contribution is -2.34. The number of likely N-dealkylation sites (tertiary alicyclic amines) is 1. The second-order valence-electron chi connectivity index (χ2n) is 9.99. The van der Waals surface area contributed by atoms with E-state index in [0.29, 0.717) is 18.7 Å². The Balaban J connectivity index is 1.48. The fraction of sp³-hybridized carbons (Fsp3) is 0.323. The van der Waals surface area contributed by atoms with E-state index in [-0.39, 0.29) is 12.3 Å². The van der Waals surface area contributed by atoms with Gasteiger partial charge in [-0.3, -0.25) is 4.79 Å². The number of halogens is 3. The first-order valence-electron chi connectivity index (χ1n) is 13.2. The van der Waals surface area contributed by atoms with Crippen molar-refractivity contribution in [3.05, 3.63) is 107 Å². The highest BCUT2D eigenvalue weighted by atomic mass is 19.4. The van der Waals surface area contributed by atoms with Gasteiger partial charge in [0.05, 0.1) is 5.56 Å². The van der Waals surface area contributed by atoms with E-state index in [0.717, 1.165) is 47.7 Å². The molecule has 4 nitrogen and oxygen atoms in total. The van der Waals surface area contributed by atoms with Crippen LogP contribution in [0.3, 0.4) is 0 Å². The molecule has 1 atom stereocenters. The third kappa shape index (κ3) is 6.10. The van der Waals surface area contributed by atoms with E-state index in [1.807, 2.05) is 60.8 Å². The summed E-state index contributed by atoms with van der Waals surface area (Å²) in [7, 11) is 0. The third-order valence-electron chi connectivity index (χ3n) is 7.35. The van der Waals surface area contributed by atoms with Crippen LogP contribution in [-0.4, -0.2) is 41.6 Å². The number of fused-ring (bicyclic) bond motifs is 1. The van der Waals surface area contributed by atoms with E-state index < -0.39 is 17.7 Å². The van der Waals surface area contributed by atoms with Crippen LogP contribution in [0.25, 0.3) is 10.9 Å². The Morgan fingerprint density at radius 3 is 2.42 bits per heavy atom. The zero-order valence-electron chi connectivity index (χ0n) is 21.3. The van der Waals surface area contributed by atoms with Crippen molar-refractivity contribution in [1.82, 2.24) is 14.8 Å². The SMILES string of the molecule is O=C(CC(c1cccc(C(F)(F)F)c1)c1cn(Cc2ccccc2)c2ccccc12)NCCN1CCCC1. The standard InChI is InChI=1S/C31H32F3N3O/c32-31(33,34)25-12-8-11-24(19-25)27(20-30(38)35-15-18-36-16-6-7-17-36)28-22-37(21-23-9-2-1-3-10-23)29-14-5-4-13-26(28)29/h1-5,8-14,19,22,27H,6-7,15-18,20-21H2,(H,35,38). The minimum Gasteiger partial charge on any atom is -0.355 e. The van der Waals surface area contributed by atoms with Crippen molar-refractivity contribution >= 4 is 16.8 Å². The van der Waals surface area contributed by atoms with E-state index in [1.165, 1.54) is 25.0 Å². The van der Waals surface area contributed by atoms with E-state index in [4.69, 9.17) is 0 Å². The summed E-state index contributed by atoms with van der Waals surface area (Å²) in [5.41, 5.74) is 2.73. The van der Waals surface area contributed by atoms with Gasteiger partial charge < -0.3 is 14.8 Å². The number of nitrogens with zero attached hydrogens (tertiary/aromatic N) is 2. The quantitative estimate of drug-likeness (QED) is 0.276.